The van der Waals surface area contributed by atoms with Gasteiger partial charge in [-0.25, -0.2) is 8.78 Å². The number of halogens is 3. The third-order valence-corrected chi connectivity index (χ3v) is 3.05. The molecule has 0 fully saturated rings. The summed E-state index contributed by atoms with van der Waals surface area (Å²) in [6, 6.07) is 7.53. The molecule has 2 rings (SSSR count). The second-order valence-electron chi connectivity index (χ2n) is 3.81. The van der Waals surface area contributed by atoms with Crippen LogP contribution in [0.3, 0.4) is 0 Å². The molecule has 6 heteroatoms. The maximum absolute atomic E-state index is 13.1. The monoisotopic (exact) mass is 326 g/mol. The Labute approximate surface area is 116 Å². The fourth-order valence-electron chi connectivity index (χ4n) is 1.50. The lowest BCUT2D eigenvalue weighted by Crippen LogP contribution is -2.14. The Morgan fingerprint density at radius 1 is 1.16 bits per heavy atom. The smallest absolute Gasteiger partial charge is 0.257 e. The molecule has 2 aromatic rings. The molecular formula is C13H9BrF2N2O. The van der Waals surface area contributed by atoms with Crippen molar-refractivity contribution in [3.8, 4) is 0 Å². The molecule has 0 aliphatic carbocycles. The second-order valence-corrected chi connectivity index (χ2v) is 4.67. The van der Waals surface area contributed by atoms with E-state index in [0.29, 0.717) is 5.69 Å². The highest BCUT2D eigenvalue weighted by Crippen LogP contribution is 2.21. The van der Waals surface area contributed by atoms with E-state index in [2.05, 4.69) is 21.2 Å². The predicted molar refractivity (Wildman–Crippen MR) is 72.9 cm³/mol. The number of carbonyl (C=O) groups excluding carboxylic acids is 1. The van der Waals surface area contributed by atoms with Crippen LogP contribution in [0, 0.1) is 11.6 Å². The number of nitrogens with one attached hydrogen (secondary N) is 1. The molecule has 0 spiro atoms. The molecule has 19 heavy (non-hydrogen) atoms. The van der Waals surface area contributed by atoms with Crippen molar-refractivity contribution in [2.45, 2.75) is 0 Å². The summed E-state index contributed by atoms with van der Waals surface area (Å²) in [5, 5.41) is 2.51. The Bertz CT molecular complexity index is 647. The van der Waals surface area contributed by atoms with Crippen molar-refractivity contribution in [2.75, 3.05) is 11.1 Å². The molecule has 0 radical (unpaired) electrons. The third-order valence-electron chi connectivity index (χ3n) is 2.44. The highest BCUT2D eigenvalue weighted by atomic mass is 79.9. The molecule has 0 aliphatic heterocycles. The van der Waals surface area contributed by atoms with Gasteiger partial charge in [-0.3, -0.25) is 4.79 Å². The van der Waals surface area contributed by atoms with E-state index in [9.17, 15) is 13.6 Å². The summed E-state index contributed by atoms with van der Waals surface area (Å²) in [6.07, 6.45) is 0. The number of rotatable bonds is 2. The lowest BCUT2D eigenvalue weighted by Gasteiger charge is -2.08. The molecule has 0 unspecified atom stereocenters. The van der Waals surface area contributed by atoms with Gasteiger partial charge in [-0.05, 0) is 52.3 Å². The molecule has 0 saturated carbocycles. The van der Waals surface area contributed by atoms with Crippen LogP contribution in [-0.4, -0.2) is 5.91 Å². The van der Waals surface area contributed by atoms with Gasteiger partial charge < -0.3 is 11.1 Å². The van der Waals surface area contributed by atoms with Gasteiger partial charge >= 0.3 is 0 Å². The van der Waals surface area contributed by atoms with Gasteiger partial charge in [0.25, 0.3) is 5.91 Å². The number of nitrogens with two attached hydrogens (primary N) is 1. The Morgan fingerprint density at radius 2 is 1.89 bits per heavy atom. The SMILES string of the molecule is Nc1ccc(F)cc1C(=O)Nc1ccc(F)c(Br)c1. The van der Waals surface area contributed by atoms with Crippen molar-refractivity contribution >= 4 is 33.2 Å². The van der Waals surface area contributed by atoms with Gasteiger partial charge in [0.1, 0.15) is 11.6 Å². The standard InChI is InChI=1S/C13H9BrF2N2O/c14-10-6-8(2-3-11(10)16)18-13(19)9-5-7(15)1-4-12(9)17/h1-6H,17H2,(H,18,19). The normalized spacial score (nSPS) is 10.3. The summed E-state index contributed by atoms with van der Waals surface area (Å²) < 4.78 is 26.3. The van der Waals surface area contributed by atoms with Crippen LogP contribution in [0.1, 0.15) is 10.4 Å². The molecule has 0 heterocycles. The van der Waals surface area contributed by atoms with Crippen molar-refractivity contribution in [1.82, 2.24) is 0 Å². The highest BCUT2D eigenvalue weighted by Gasteiger charge is 2.11. The van der Waals surface area contributed by atoms with Crippen molar-refractivity contribution in [3.05, 3.63) is 58.1 Å². The fourth-order valence-corrected chi connectivity index (χ4v) is 1.88. The predicted octanol–water partition coefficient (Wildman–Crippen LogP) is 3.56. The Morgan fingerprint density at radius 3 is 2.58 bits per heavy atom. The minimum atomic E-state index is -0.560. The number of nitrogen functional groups attached to an aromatic ring is 1. The van der Waals surface area contributed by atoms with E-state index in [0.717, 1.165) is 6.07 Å². The number of carbonyl (C=O) groups is 1. The van der Waals surface area contributed by atoms with Gasteiger partial charge in [0.15, 0.2) is 0 Å². The van der Waals surface area contributed by atoms with Crippen LogP contribution in [-0.2, 0) is 0 Å². The van der Waals surface area contributed by atoms with E-state index < -0.39 is 17.5 Å². The molecule has 0 aromatic heterocycles. The molecule has 1 amide bonds. The average Bonchev–Trinajstić information content (AvgIpc) is 2.36. The number of benzene rings is 2. The van der Waals surface area contributed by atoms with Crippen LogP contribution in [0.15, 0.2) is 40.9 Å². The van der Waals surface area contributed by atoms with Gasteiger partial charge in [-0.2, -0.15) is 0 Å². The van der Waals surface area contributed by atoms with E-state index >= 15 is 0 Å². The summed E-state index contributed by atoms with van der Waals surface area (Å²) in [7, 11) is 0. The largest absolute Gasteiger partial charge is 0.398 e. The molecule has 0 bridgehead atoms. The quantitative estimate of drug-likeness (QED) is 0.829. The number of amides is 1. The van der Waals surface area contributed by atoms with Gasteiger partial charge in [-0.1, -0.05) is 0 Å². The zero-order valence-electron chi connectivity index (χ0n) is 9.58. The average molecular weight is 327 g/mol. The van der Waals surface area contributed by atoms with E-state index in [-0.39, 0.29) is 15.7 Å². The summed E-state index contributed by atoms with van der Waals surface area (Å²) in [5.41, 5.74) is 6.17. The van der Waals surface area contributed by atoms with Crippen molar-refractivity contribution < 1.29 is 13.6 Å². The molecule has 98 valence electrons. The van der Waals surface area contributed by atoms with Gasteiger partial charge in [0.2, 0.25) is 0 Å². The highest BCUT2D eigenvalue weighted by molar-refractivity contribution is 9.10. The van der Waals surface area contributed by atoms with Gasteiger partial charge in [0.05, 0.1) is 10.0 Å². The van der Waals surface area contributed by atoms with E-state index in [1.807, 2.05) is 0 Å². The number of hydrogen-bond acceptors (Lipinski definition) is 2. The topological polar surface area (TPSA) is 55.1 Å². The minimum absolute atomic E-state index is 0.0282. The Hall–Kier alpha value is -1.95. The lowest BCUT2D eigenvalue weighted by molar-refractivity contribution is 0.102. The molecule has 0 atom stereocenters. The Balaban J connectivity index is 2.25. The first kappa shape index (κ1) is 13.5. The number of hydrogen-bond donors (Lipinski definition) is 2. The zero-order chi connectivity index (χ0) is 14.0. The van der Waals surface area contributed by atoms with Crippen LogP contribution in [0.5, 0.6) is 0 Å². The maximum Gasteiger partial charge on any atom is 0.257 e. The van der Waals surface area contributed by atoms with Crippen LogP contribution in [0.4, 0.5) is 20.2 Å². The fraction of sp³-hybridized carbons (Fsp3) is 0. The summed E-state index contributed by atoms with van der Waals surface area (Å²) in [6.45, 7) is 0. The lowest BCUT2D eigenvalue weighted by atomic mass is 10.1. The van der Waals surface area contributed by atoms with Crippen molar-refractivity contribution in [2.24, 2.45) is 0 Å². The third kappa shape index (κ3) is 3.08. The van der Waals surface area contributed by atoms with E-state index in [1.165, 1.54) is 30.3 Å². The number of anilines is 2. The van der Waals surface area contributed by atoms with Crippen LogP contribution in [0.25, 0.3) is 0 Å². The molecule has 2 aromatic carbocycles. The summed E-state index contributed by atoms with van der Waals surface area (Å²) >= 11 is 3.01. The molecule has 0 aliphatic rings. The Kier molecular flexibility index (Phi) is 3.80. The summed E-state index contributed by atoms with van der Waals surface area (Å²) in [5.74, 6) is -1.56. The minimum Gasteiger partial charge on any atom is -0.398 e. The summed E-state index contributed by atoms with van der Waals surface area (Å²) in [4.78, 5) is 11.9. The van der Waals surface area contributed by atoms with Crippen LogP contribution in [0.2, 0.25) is 0 Å². The second kappa shape index (κ2) is 5.36. The van der Waals surface area contributed by atoms with Crippen LogP contribution >= 0.6 is 15.9 Å². The molecule has 3 nitrogen and oxygen atoms in total. The first-order valence-corrected chi connectivity index (χ1v) is 6.08. The van der Waals surface area contributed by atoms with Crippen LogP contribution < -0.4 is 11.1 Å². The van der Waals surface area contributed by atoms with Gasteiger partial charge in [0, 0.05) is 11.4 Å². The van der Waals surface area contributed by atoms with Crippen molar-refractivity contribution in [1.29, 1.82) is 0 Å². The molecule has 0 saturated heterocycles. The van der Waals surface area contributed by atoms with Gasteiger partial charge in [-0.15, -0.1) is 0 Å². The van der Waals surface area contributed by atoms with E-state index in [1.54, 1.807) is 0 Å². The van der Waals surface area contributed by atoms with Crippen molar-refractivity contribution in [3.63, 3.8) is 0 Å². The molecular weight excluding hydrogens is 318 g/mol. The first-order valence-electron chi connectivity index (χ1n) is 5.29. The van der Waals surface area contributed by atoms with E-state index in [4.69, 9.17) is 5.73 Å². The molecule has 3 N–H and O–H groups in total. The zero-order valence-corrected chi connectivity index (χ0v) is 11.2. The maximum atomic E-state index is 13.1. The first-order chi connectivity index (χ1) is 8.97.